The molecule has 0 fully saturated rings. The molecule has 0 saturated heterocycles. The van der Waals surface area contributed by atoms with Crippen molar-refractivity contribution >= 4 is 33.3 Å². The highest BCUT2D eigenvalue weighted by atomic mass is 32.2. The third kappa shape index (κ3) is 4.02. The number of carboxylic acids is 1. The van der Waals surface area contributed by atoms with Crippen LogP contribution >= 0.6 is 11.3 Å². The smallest absolute Gasteiger partial charge is 0.345 e. The largest absolute Gasteiger partial charge is 0.477 e. The summed E-state index contributed by atoms with van der Waals surface area (Å²) in [7, 11) is -2.45. The predicted octanol–water partition coefficient (Wildman–Crippen LogP) is 1.02. The number of thiophene rings is 1. The molecule has 0 radical (unpaired) electrons. The van der Waals surface area contributed by atoms with Gasteiger partial charge >= 0.3 is 11.9 Å². The lowest BCUT2D eigenvalue weighted by molar-refractivity contribution is -0.143. The Labute approximate surface area is 120 Å². The van der Waals surface area contributed by atoms with Gasteiger partial charge < -0.3 is 9.84 Å². The van der Waals surface area contributed by atoms with Crippen LogP contribution in [0.5, 0.6) is 0 Å². The van der Waals surface area contributed by atoms with Gasteiger partial charge in [-0.1, -0.05) is 0 Å². The molecule has 0 aliphatic heterocycles. The van der Waals surface area contributed by atoms with Gasteiger partial charge in [-0.2, -0.15) is 4.31 Å². The van der Waals surface area contributed by atoms with E-state index < -0.39 is 22.0 Å². The number of nitrogens with zero attached hydrogens (tertiary/aromatic N) is 1. The fraction of sp³-hybridized carbons (Fsp3) is 0.455. The Balaban J connectivity index is 2.76. The molecule has 1 heterocycles. The lowest BCUT2D eigenvalue weighted by atomic mass is 10.4. The Hall–Kier alpha value is -1.45. The molecule has 112 valence electrons. The topological polar surface area (TPSA) is 101 Å². The maximum Gasteiger partial charge on any atom is 0.345 e. The van der Waals surface area contributed by atoms with Crippen molar-refractivity contribution in [3.05, 3.63) is 17.0 Å². The van der Waals surface area contributed by atoms with E-state index in [0.717, 1.165) is 4.31 Å². The normalized spacial score (nSPS) is 11.6. The number of carbonyl (C=O) groups is 2. The number of carbonyl (C=O) groups excluding carboxylic acids is 1. The highest BCUT2D eigenvalue weighted by Gasteiger charge is 2.24. The minimum absolute atomic E-state index is 0.0263. The summed E-state index contributed by atoms with van der Waals surface area (Å²) in [5, 5.41) is 8.78. The number of ether oxygens (including phenoxy) is 1. The number of carboxylic acid groups (broad SMARTS) is 1. The van der Waals surface area contributed by atoms with Crippen LogP contribution in [-0.4, -0.2) is 50.0 Å². The van der Waals surface area contributed by atoms with E-state index in [-0.39, 0.29) is 28.7 Å². The van der Waals surface area contributed by atoms with E-state index in [1.807, 2.05) is 0 Å². The molecule has 0 atom stereocenters. The molecular formula is C11H15NO6S2. The third-order valence-electron chi connectivity index (χ3n) is 2.39. The summed E-state index contributed by atoms with van der Waals surface area (Å²) in [6, 6.07) is 2.48. The van der Waals surface area contributed by atoms with Gasteiger partial charge in [0.15, 0.2) is 0 Å². The molecule has 9 heteroatoms. The molecular weight excluding hydrogens is 306 g/mol. The monoisotopic (exact) mass is 321 g/mol. The summed E-state index contributed by atoms with van der Waals surface area (Å²) in [6.45, 7) is 1.88. The summed E-state index contributed by atoms with van der Waals surface area (Å²) in [4.78, 5) is 21.9. The second-order valence-electron chi connectivity index (χ2n) is 3.81. The van der Waals surface area contributed by atoms with Crippen LogP contribution in [0, 0.1) is 0 Å². The third-order valence-corrected chi connectivity index (χ3v) is 5.79. The fourth-order valence-electron chi connectivity index (χ4n) is 1.33. The average molecular weight is 321 g/mol. The van der Waals surface area contributed by atoms with Gasteiger partial charge in [0, 0.05) is 13.6 Å². The zero-order valence-corrected chi connectivity index (χ0v) is 12.7. The standard InChI is InChI=1S/C11H15NO6S2/c1-3-18-9(13)6-7-12(2)20(16,17)10-5-4-8(19-10)11(14)15/h4-5H,3,6-7H2,1-2H3,(H,14,15). The van der Waals surface area contributed by atoms with E-state index in [1.165, 1.54) is 19.2 Å². The molecule has 0 amide bonds. The average Bonchev–Trinajstić information content (AvgIpc) is 2.86. The number of hydrogen-bond donors (Lipinski definition) is 1. The Morgan fingerprint density at radius 2 is 2.05 bits per heavy atom. The number of hydrogen-bond acceptors (Lipinski definition) is 6. The molecule has 0 aliphatic rings. The van der Waals surface area contributed by atoms with Crippen molar-refractivity contribution < 1.29 is 27.9 Å². The quantitative estimate of drug-likeness (QED) is 0.752. The first-order chi connectivity index (χ1) is 9.28. The van der Waals surface area contributed by atoms with E-state index in [0.29, 0.717) is 11.3 Å². The van der Waals surface area contributed by atoms with E-state index >= 15 is 0 Å². The summed E-state index contributed by atoms with van der Waals surface area (Å²) in [6.07, 6.45) is -0.0548. The van der Waals surface area contributed by atoms with Crippen molar-refractivity contribution in [2.24, 2.45) is 0 Å². The van der Waals surface area contributed by atoms with Crippen molar-refractivity contribution in [1.29, 1.82) is 0 Å². The molecule has 0 aliphatic carbocycles. The van der Waals surface area contributed by atoms with Gasteiger partial charge in [-0.05, 0) is 19.1 Å². The lowest BCUT2D eigenvalue weighted by Crippen LogP contribution is -2.29. The molecule has 7 nitrogen and oxygen atoms in total. The van der Waals surface area contributed by atoms with Crippen LogP contribution < -0.4 is 0 Å². The van der Waals surface area contributed by atoms with E-state index in [1.54, 1.807) is 6.92 Å². The summed E-state index contributed by atoms with van der Waals surface area (Å²) in [5.41, 5.74) is 0. The summed E-state index contributed by atoms with van der Waals surface area (Å²) in [5.74, 6) is -1.66. The highest BCUT2D eigenvalue weighted by Crippen LogP contribution is 2.24. The number of esters is 1. The fourth-order valence-corrected chi connectivity index (χ4v) is 3.86. The molecule has 0 aromatic carbocycles. The van der Waals surface area contributed by atoms with Crippen molar-refractivity contribution in [2.45, 2.75) is 17.6 Å². The summed E-state index contributed by atoms with van der Waals surface area (Å²) >= 11 is 0.675. The molecule has 20 heavy (non-hydrogen) atoms. The van der Waals surface area contributed by atoms with Gasteiger partial charge in [0.25, 0.3) is 10.0 Å². The zero-order chi connectivity index (χ0) is 15.3. The Bertz CT molecular complexity index is 592. The Kier molecular flexibility index (Phi) is 5.66. The van der Waals surface area contributed by atoms with Crippen molar-refractivity contribution in [1.82, 2.24) is 4.31 Å². The maximum absolute atomic E-state index is 12.1. The molecule has 0 saturated carbocycles. The molecule has 1 rings (SSSR count). The van der Waals surface area contributed by atoms with E-state index in [2.05, 4.69) is 0 Å². The Morgan fingerprint density at radius 3 is 2.55 bits per heavy atom. The first-order valence-corrected chi connectivity index (χ1v) is 7.99. The number of sulfonamides is 1. The van der Waals surface area contributed by atoms with Crippen LogP contribution in [0.1, 0.15) is 23.0 Å². The summed E-state index contributed by atoms with van der Waals surface area (Å²) < 4.78 is 29.9. The minimum Gasteiger partial charge on any atom is -0.477 e. The van der Waals surface area contributed by atoms with Crippen LogP contribution in [0.4, 0.5) is 0 Å². The molecule has 0 unspecified atom stereocenters. The van der Waals surface area contributed by atoms with Gasteiger partial charge in [-0.25, -0.2) is 13.2 Å². The molecule has 0 spiro atoms. The first-order valence-electron chi connectivity index (χ1n) is 5.74. The molecule has 1 aromatic heterocycles. The second-order valence-corrected chi connectivity index (χ2v) is 7.16. The van der Waals surface area contributed by atoms with Crippen molar-refractivity contribution in [2.75, 3.05) is 20.2 Å². The SMILES string of the molecule is CCOC(=O)CCN(C)S(=O)(=O)c1ccc(C(=O)O)s1. The highest BCUT2D eigenvalue weighted by molar-refractivity contribution is 7.91. The van der Waals surface area contributed by atoms with Gasteiger partial charge in [0.2, 0.25) is 0 Å². The number of aromatic carboxylic acids is 1. The number of rotatable bonds is 7. The minimum atomic E-state index is -3.78. The van der Waals surface area contributed by atoms with Crippen molar-refractivity contribution in [3.8, 4) is 0 Å². The van der Waals surface area contributed by atoms with E-state index in [9.17, 15) is 18.0 Å². The molecule has 1 N–H and O–H groups in total. The van der Waals surface area contributed by atoms with Crippen LogP contribution in [-0.2, 0) is 19.6 Å². The molecule has 1 aromatic rings. The van der Waals surface area contributed by atoms with Crippen molar-refractivity contribution in [3.63, 3.8) is 0 Å². The zero-order valence-electron chi connectivity index (χ0n) is 11.0. The first kappa shape index (κ1) is 16.6. The molecule has 0 bridgehead atoms. The van der Waals surface area contributed by atoms with Crippen LogP contribution in [0.25, 0.3) is 0 Å². The maximum atomic E-state index is 12.1. The van der Waals surface area contributed by atoms with Gasteiger partial charge in [0.1, 0.15) is 9.09 Å². The Morgan fingerprint density at radius 1 is 1.40 bits per heavy atom. The second kappa shape index (κ2) is 6.82. The van der Waals surface area contributed by atoms with E-state index in [4.69, 9.17) is 9.84 Å². The van der Waals surface area contributed by atoms with Gasteiger partial charge in [-0.3, -0.25) is 4.79 Å². The predicted molar refractivity (Wildman–Crippen MR) is 72.3 cm³/mol. The van der Waals surface area contributed by atoms with Crippen LogP contribution in [0.2, 0.25) is 0 Å². The lowest BCUT2D eigenvalue weighted by Gasteiger charge is -2.15. The van der Waals surface area contributed by atoms with Gasteiger partial charge in [0.05, 0.1) is 13.0 Å². The van der Waals surface area contributed by atoms with Gasteiger partial charge in [-0.15, -0.1) is 11.3 Å². The van der Waals surface area contributed by atoms with Crippen LogP contribution in [0.15, 0.2) is 16.3 Å². The van der Waals surface area contributed by atoms with Crippen LogP contribution in [0.3, 0.4) is 0 Å².